The quantitative estimate of drug-likeness (QED) is 0.180. The summed E-state index contributed by atoms with van der Waals surface area (Å²) in [6, 6.07) is 14.0. The predicted octanol–water partition coefficient (Wildman–Crippen LogP) is 8.23. The number of anilines is 3. The summed E-state index contributed by atoms with van der Waals surface area (Å²) in [6.45, 7) is 10.7. The van der Waals surface area contributed by atoms with Gasteiger partial charge in [0.25, 0.3) is 0 Å². The van der Waals surface area contributed by atoms with Crippen LogP contribution in [0.25, 0.3) is 10.9 Å². The summed E-state index contributed by atoms with van der Waals surface area (Å²) in [4.78, 5) is 11.5. The number of hydrogen-bond acceptors (Lipinski definition) is 8. The molecule has 1 saturated heterocycles. The first-order chi connectivity index (χ1) is 22.0. The van der Waals surface area contributed by atoms with E-state index in [2.05, 4.69) is 62.7 Å². The molecule has 1 aliphatic rings. The van der Waals surface area contributed by atoms with Crippen molar-refractivity contribution in [2.75, 3.05) is 23.7 Å². The van der Waals surface area contributed by atoms with Crippen molar-refractivity contribution in [2.45, 2.75) is 58.2 Å². The van der Waals surface area contributed by atoms with E-state index in [9.17, 15) is 9.65 Å². The molecule has 2 aromatic carbocycles. The van der Waals surface area contributed by atoms with E-state index in [-0.39, 0.29) is 16.6 Å². The molecular formula is C34H34Cl2FN9. The molecule has 0 bridgehead atoms. The second kappa shape index (κ2) is 12.8. The molecule has 46 heavy (non-hydrogen) atoms. The van der Waals surface area contributed by atoms with Crippen LogP contribution in [0.5, 0.6) is 0 Å². The Balaban J connectivity index is 1.36. The van der Waals surface area contributed by atoms with Crippen molar-refractivity contribution in [1.82, 2.24) is 29.9 Å². The molecule has 5 aromatic rings. The normalized spacial score (nSPS) is 15.1. The van der Waals surface area contributed by atoms with Gasteiger partial charge in [-0.05, 0) is 82.5 Å². The van der Waals surface area contributed by atoms with Crippen molar-refractivity contribution in [3.63, 3.8) is 0 Å². The maximum atomic E-state index is 13.9. The Morgan fingerprint density at radius 3 is 2.43 bits per heavy atom. The topological polar surface area (TPSA) is 108 Å². The van der Waals surface area contributed by atoms with Gasteiger partial charge in [-0.2, -0.15) is 5.26 Å². The Hall–Kier alpha value is -4.30. The Labute approximate surface area is 277 Å². The van der Waals surface area contributed by atoms with Crippen LogP contribution in [-0.2, 0) is 0 Å². The number of benzene rings is 2. The van der Waals surface area contributed by atoms with Crippen LogP contribution in [-0.4, -0.2) is 48.5 Å². The SMILES string of the molecule is Cc1ccc([C@H](Nc2cc(Cl)c3ncc(C#N)c(Nc4ccc(F)c(Cl)c4)c3c2)c2cn(C3CCN(C(C)(C)C)CC3)nn2)cn1. The highest BCUT2D eigenvalue weighted by Crippen LogP contribution is 2.37. The lowest BCUT2D eigenvalue weighted by atomic mass is 9.98. The van der Waals surface area contributed by atoms with Crippen LogP contribution in [0, 0.1) is 24.1 Å². The zero-order valence-electron chi connectivity index (χ0n) is 26.0. The summed E-state index contributed by atoms with van der Waals surface area (Å²) in [5, 5.41) is 26.9. The summed E-state index contributed by atoms with van der Waals surface area (Å²) in [7, 11) is 0. The summed E-state index contributed by atoms with van der Waals surface area (Å²) < 4.78 is 15.8. The largest absolute Gasteiger partial charge is 0.373 e. The lowest BCUT2D eigenvalue weighted by Gasteiger charge is -2.40. The second-order valence-corrected chi connectivity index (χ2v) is 13.4. The van der Waals surface area contributed by atoms with Crippen LogP contribution in [0.4, 0.5) is 21.5 Å². The summed E-state index contributed by atoms with van der Waals surface area (Å²) in [5.41, 5.74) is 5.13. The van der Waals surface area contributed by atoms with Crippen molar-refractivity contribution >= 4 is 51.2 Å². The third-order valence-corrected chi connectivity index (χ3v) is 9.00. The number of halogens is 3. The van der Waals surface area contributed by atoms with Gasteiger partial charge in [0.1, 0.15) is 17.6 Å². The molecule has 0 radical (unpaired) electrons. The fourth-order valence-electron chi connectivity index (χ4n) is 5.83. The molecule has 3 aromatic heterocycles. The van der Waals surface area contributed by atoms with Gasteiger partial charge in [-0.3, -0.25) is 14.9 Å². The van der Waals surface area contributed by atoms with Crippen molar-refractivity contribution in [1.29, 1.82) is 5.26 Å². The molecule has 236 valence electrons. The van der Waals surface area contributed by atoms with E-state index in [0.717, 1.165) is 42.9 Å². The number of likely N-dealkylation sites (tertiary alicyclic amines) is 1. The molecule has 1 atom stereocenters. The first kappa shape index (κ1) is 31.7. The zero-order valence-corrected chi connectivity index (χ0v) is 27.5. The van der Waals surface area contributed by atoms with E-state index in [0.29, 0.717) is 38.6 Å². The lowest BCUT2D eigenvalue weighted by Crippen LogP contribution is -2.46. The maximum absolute atomic E-state index is 13.9. The Bertz CT molecular complexity index is 1920. The van der Waals surface area contributed by atoms with Crippen LogP contribution >= 0.6 is 23.2 Å². The number of nitriles is 1. The van der Waals surface area contributed by atoms with E-state index < -0.39 is 11.9 Å². The molecule has 9 nitrogen and oxygen atoms in total. The number of aromatic nitrogens is 5. The van der Waals surface area contributed by atoms with Crippen molar-refractivity contribution < 1.29 is 4.39 Å². The first-order valence-electron chi connectivity index (χ1n) is 15.1. The van der Waals surface area contributed by atoms with E-state index in [1.165, 1.54) is 18.3 Å². The van der Waals surface area contributed by atoms with Crippen molar-refractivity contribution in [3.8, 4) is 6.07 Å². The van der Waals surface area contributed by atoms with Gasteiger partial charge in [-0.1, -0.05) is 34.5 Å². The molecular weight excluding hydrogens is 624 g/mol. The van der Waals surface area contributed by atoms with E-state index in [4.69, 9.17) is 23.2 Å². The highest BCUT2D eigenvalue weighted by atomic mass is 35.5. The van der Waals surface area contributed by atoms with Crippen LogP contribution in [0.1, 0.15) is 68.2 Å². The monoisotopic (exact) mass is 657 g/mol. The lowest BCUT2D eigenvalue weighted by molar-refractivity contribution is 0.0866. The average Bonchev–Trinajstić information content (AvgIpc) is 3.52. The van der Waals surface area contributed by atoms with E-state index in [1.54, 1.807) is 12.1 Å². The standard InChI is InChI=1S/C34H34Cl2FN9/c1-20-5-6-21(17-39-20)32(30-19-46(44-43-30)25-9-11-45(12-10-25)34(2,3)4)42-24-13-26-31(41-23-7-8-29(37)27(35)14-23)22(16-38)18-40-33(26)28(36)15-24/h5-8,13-15,17-19,25,32,42H,9-12H2,1-4H3,(H,40,41)/t32-/m0/s1. The predicted molar refractivity (Wildman–Crippen MR) is 180 cm³/mol. The number of aryl methyl sites for hydroxylation is 1. The van der Waals surface area contributed by atoms with Gasteiger partial charge in [0.2, 0.25) is 0 Å². The molecule has 4 heterocycles. The minimum atomic E-state index is -0.536. The van der Waals surface area contributed by atoms with Crippen LogP contribution in [0.3, 0.4) is 0 Å². The van der Waals surface area contributed by atoms with Crippen molar-refractivity contribution in [2.24, 2.45) is 0 Å². The zero-order chi connectivity index (χ0) is 32.6. The van der Waals surface area contributed by atoms with E-state index in [1.807, 2.05) is 42.2 Å². The Morgan fingerprint density at radius 1 is 1.00 bits per heavy atom. The number of piperidine rings is 1. The third kappa shape index (κ3) is 6.63. The maximum Gasteiger partial charge on any atom is 0.141 e. The highest BCUT2D eigenvalue weighted by Gasteiger charge is 2.29. The van der Waals surface area contributed by atoms with Crippen LogP contribution in [0.2, 0.25) is 10.0 Å². The number of nitrogens with one attached hydrogen (secondary N) is 2. The van der Waals surface area contributed by atoms with Gasteiger partial charge >= 0.3 is 0 Å². The molecule has 0 unspecified atom stereocenters. The van der Waals surface area contributed by atoms with Crippen molar-refractivity contribution in [3.05, 3.63) is 99.4 Å². The minimum absolute atomic E-state index is 0.0374. The number of pyridine rings is 2. The van der Waals surface area contributed by atoms with Gasteiger partial charge in [0.15, 0.2) is 0 Å². The molecule has 2 N–H and O–H groups in total. The van der Waals surface area contributed by atoms with Gasteiger partial charge in [0.05, 0.1) is 45.1 Å². The minimum Gasteiger partial charge on any atom is -0.373 e. The molecule has 0 spiro atoms. The highest BCUT2D eigenvalue weighted by molar-refractivity contribution is 6.36. The first-order valence-corrected chi connectivity index (χ1v) is 15.9. The molecule has 0 saturated carbocycles. The molecule has 0 aliphatic carbocycles. The molecule has 0 amide bonds. The summed E-state index contributed by atoms with van der Waals surface area (Å²) in [5.74, 6) is -0.536. The van der Waals surface area contributed by atoms with Gasteiger partial charge in [-0.25, -0.2) is 9.07 Å². The second-order valence-electron chi connectivity index (χ2n) is 12.6. The summed E-state index contributed by atoms with van der Waals surface area (Å²) in [6.07, 6.45) is 7.29. The smallest absolute Gasteiger partial charge is 0.141 e. The molecule has 1 fully saturated rings. The van der Waals surface area contributed by atoms with Crippen LogP contribution in [0.15, 0.2) is 61.1 Å². The molecule has 12 heteroatoms. The summed E-state index contributed by atoms with van der Waals surface area (Å²) >= 11 is 12.8. The third-order valence-electron chi connectivity index (χ3n) is 8.42. The van der Waals surface area contributed by atoms with Gasteiger partial charge in [-0.15, -0.1) is 5.10 Å². The number of hydrogen-bond donors (Lipinski definition) is 2. The number of fused-ring (bicyclic) bond motifs is 1. The number of rotatable bonds is 7. The molecule has 6 rings (SSSR count). The van der Waals surface area contributed by atoms with Crippen LogP contribution < -0.4 is 10.6 Å². The Morgan fingerprint density at radius 2 is 1.76 bits per heavy atom. The Kier molecular flexibility index (Phi) is 8.84. The van der Waals surface area contributed by atoms with Gasteiger partial charge < -0.3 is 10.6 Å². The fraction of sp³-hybridized carbons (Fsp3) is 0.324. The number of nitrogens with zero attached hydrogens (tertiary/aromatic N) is 7. The average molecular weight is 659 g/mol. The van der Waals surface area contributed by atoms with E-state index >= 15 is 0 Å². The van der Waals surface area contributed by atoms with Gasteiger partial charge in [0, 0.05) is 53.5 Å². The fourth-order valence-corrected chi connectivity index (χ4v) is 6.28. The molecule has 1 aliphatic heterocycles.